The van der Waals surface area contributed by atoms with Crippen LogP contribution in [0, 0.1) is 5.92 Å². The van der Waals surface area contributed by atoms with Crippen LogP contribution in [0.3, 0.4) is 0 Å². The van der Waals surface area contributed by atoms with E-state index >= 15 is 0 Å². The molecule has 1 aliphatic heterocycles. The molecule has 0 bridgehead atoms. The van der Waals surface area contributed by atoms with Crippen LogP contribution in [0.2, 0.25) is 0 Å². The zero-order chi connectivity index (χ0) is 7.97. The van der Waals surface area contributed by atoms with Crippen LogP contribution in [0.1, 0.15) is 19.3 Å². The highest BCUT2D eigenvalue weighted by molar-refractivity contribution is 5.52. The lowest BCUT2D eigenvalue weighted by molar-refractivity contribution is 0.253. The number of rotatable bonds is 0. The molecule has 3 rings (SSSR count). The molecule has 2 aliphatic carbocycles. The third kappa shape index (κ3) is 0.739. The van der Waals surface area contributed by atoms with Crippen molar-refractivity contribution in [3.05, 3.63) is 35.1 Å². The van der Waals surface area contributed by atoms with Gasteiger partial charge < -0.3 is 4.74 Å². The third-order valence-electron chi connectivity index (χ3n) is 3.03. The first-order valence-electron chi connectivity index (χ1n) is 4.70. The Balaban J connectivity index is 2.12. The molecule has 1 heterocycles. The zero-order valence-electron chi connectivity index (χ0n) is 7.05. The summed E-state index contributed by atoms with van der Waals surface area (Å²) in [6, 6.07) is 0. The van der Waals surface area contributed by atoms with E-state index in [0.29, 0.717) is 0 Å². The van der Waals surface area contributed by atoms with E-state index < -0.39 is 0 Å². The van der Waals surface area contributed by atoms with Crippen LogP contribution in [0.5, 0.6) is 0 Å². The van der Waals surface area contributed by atoms with Gasteiger partial charge in [0.2, 0.25) is 0 Å². The van der Waals surface area contributed by atoms with Crippen LogP contribution in [0.25, 0.3) is 0 Å². The lowest BCUT2D eigenvalue weighted by Crippen LogP contribution is -2.07. The Labute approximate surface area is 72.4 Å². The third-order valence-corrected chi connectivity index (χ3v) is 3.03. The van der Waals surface area contributed by atoms with Crippen LogP contribution < -0.4 is 0 Å². The molecule has 3 aliphatic rings. The summed E-state index contributed by atoms with van der Waals surface area (Å²) in [5, 5.41) is 0. The van der Waals surface area contributed by atoms with Crippen molar-refractivity contribution in [2.75, 3.05) is 6.61 Å². The summed E-state index contributed by atoms with van der Waals surface area (Å²) in [5.74, 6) is 2.01. The molecule has 0 saturated carbocycles. The highest BCUT2D eigenvalue weighted by atomic mass is 16.5. The van der Waals surface area contributed by atoms with E-state index in [4.69, 9.17) is 4.74 Å². The first kappa shape index (κ1) is 6.53. The Kier molecular flexibility index (Phi) is 1.23. The van der Waals surface area contributed by atoms with E-state index in [1.807, 2.05) is 0 Å². The Bertz CT molecular complexity index is 307. The van der Waals surface area contributed by atoms with Gasteiger partial charge in [0.05, 0.1) is 6.61 Å². The molecule has 1 saturated heterocycles. The van der Waals surface area contributed by atoms with Crippen LogP contribution in [0.15, 0.2) is 35.1 Å². The molecule has 0 spiro atoms. The van der Waals surface area contributed by atoms with Crippen molar-refractivity contribution in [1.29, 1.82) is 0 Å². The van der Waals surface area contributed by atoms with Crippen LogP contribution in [-0.4, -0.2) is 6.61 Å². The predicted octanol–water partition coefficient (Wildman–Crippen LogP) is 2.57. The summed E-state index contributed by atoms with van der Waals surface area (Å²) in [5.41, 5.74) is 2.88. The summed E-state index contributed by atoms with van der Waals surface area (Å²) in [7, 11) is 0. The highest BCUT2D eigenvalue weighted by Crippen LogP contribution is 2.42. The Morgan fingerprint density at radius 3 is 3.33 bits per heavy atom. The standard InChI is InChI=1S/C11H12O/c1-2-8-4-5-9-6-7-12-11(9)10(8)3-1/h1-3,9H,4-7H2. The highest BCUT2D eigenvalue weighted by Gasteiger charge is 2.31. The van der Waals surface area contributed by atoms with Gasteiger partial charge in [0.15, 0.2) is 0 Å². The molecule has 12 heavy (non-hydrogen) atoms. The normalized spacial score (nSPS) is 31.3. The van der Waals surface area contributed by atoms with Crippen molar-refractivity contribution >= 4 is 0 Å². The summed E-state index contributed by atoms with van der Waals surface area (Å²) < 4.78 is 5.66. The van der Waals surface area contributed by atoms with Gasteiger partial charge in [-0.3, -0.25) is 0 Å². The van der Waals surface area contributed by atoms with Crippen molar-refractivity contribution in [2.24, 2.45) is 5.92 Å². The Hall–Kier alpha value is -0.980. The van der Waals surface area contributed by atoms with Gasteiger partial charge in [0.25, 0.3) is 0 Å². The second-order valence-corrected chi connectivity index (χ2v) is 3.70. The number of hydrogen-bond donors (Lipinski definition) is 0. The number of allylic oxidation sites excluding steroid dienone is 6. The minimum Gasteiger partial charge on any atom is -0.497 e. The van der Waals surface area contributed by atoms with Gasteiger partial charge in [0, 0.05) is 11.5 Å². The fraction of sp³-hybridized carbons (Fsp3) is 0.455. The molecule has 0 aromatic heterocycles. The Morgan fingerprint density at radius 2 is 2.33 bits per heavy atom. The SMILES string of the molecule is C1=CC2=C3OCCC3CCC2=C1. The van der Waals surface area contributed by atoms with Crippen molar-refractivity contribution in [3.8, 4) is 0 Å². The molecule has 0 aromatic rings. The molecule has 0 N–H and O–H groups in total. The van der Waals surface area contributed by atoms with Crippen molar-refractivity contribution < 1.29 is 4.74 Å². The molecule has 0 amide bonds. The van der Waals surface area contributed by atoms with E-state index in [1.54, 1.807) is 0 Å². The van der Waals surface area contributed by atoms with Gasteiger partial charge in [-0.15, -0.1) is 0 Å². The fourth-order valence-electron chi connectivity index (χ4n) is 2.38. The van der Waals surface area contributed by atoms with E-state index in [0.717, 1.165) is 12.5 Å². The second kappa shape index (κ2) is 2.25. The van der Waals surface area contributed by atoms with Gasteiger partial charge in [-0.2, -0.15) is 0 Å². The summed E-state index contributed by atoms with van der Waals surface area (Å²) in [6.07, 6.45) is 10.3. The smallest absolute Gasteiger partial charge is 0.107 e. The largest absolute Gasteiger partial charge is 0.497 e. The molecule has 1 atom stereocenters. The van der Waals surface area contributed by atoms with Gasteiger partial charge in [-0.1, -0.05) is 18.2 Å². The van der Waals surface area contributed by atoms with Crippen LogP contribution in [-0.2, 0) is 4.74 Å². The first-order chi connectivity index (χ1) is 5.95. The second-order valence-electron chi connectivity index (χ2n) is 3.70. The zero-order valence-corrected chi connectivity index (χ0v) is 7.05. The predicted molar refractivity (Wildman–Crippen MR) is 47.5 cm³/mol. The van der Waals surface area contributed by atoms with E-state index in [-0.39, 0.29) is 0 Å². The maximum atomic E-state index is 5.66. The fourth-order valence-corrected chi connectivity index (χ4v) is 2.38. The molecule has 1 unspecified atom stereocenters. The molecule has 62 valence electrons. The van der Waals surface area contributed by atoms with Gasteiger partial charge >= 0.3 is 0 Å². The van der Waals surface area contributed by atoms with Gasteiger partial charge in [-0.25, -0.2) is 0 Å². The van der Waals surface area contributed by atoms with E-state index in [2.05, 4.69) is 18.2 Å². The van der Waals surface area contributed by atoms with Crippen LogP contribution >= 0.6 is 0 Å². The average Bonchev–Trinajstić information content (AvgIpc) is 2.71. The topological polar surface area (TPSA) is 9.23 Å². The molecule has 0 aromatic carbocycles. The summed E-state index contributed by atoms with van der Waals surface area (Å²) in [6.45, 7) is 0.935. The summed E-state index contributed by atoms with van der Waals surface area (Å²) in [4.78, 5) is 0. The molecule has 1 fully saturated rings. The Morgan fingerprint density at radius 1 is 1.33 bits per heavy atom. The molecular weight excluding hydrogens is 148 g/mol. The lowest BCUT2D eigenvalue weighted by atomic mass is 9.86. The molecule has 1 heteroatoms. The number of hydrogen-bond acceptors (Lipinski definition) is 1. The van der Waals surface area contributed by atoms with E-state index in [1.165, 1.54) is 36.2 Å². The van der Waals surface area contributed by atoms with Crippen molar-refractivity contribution in [1.82, 2.24) is 0 Å². The maximum Gasteiger partial charge on any atom is 0.107 e. The quantitative estimate of drug-likeness (QED) is 0.529. The van der Waals surface area contributed by atoms with Crippen molar-refractivity contribution in [2.45, 2.75) is 19.3 Å². The summed E-state index contributed by atoms with van der Waals surface area (Å²) >= 11 is 0. The van der Waals surface area contributed by atoms with Gasteiger partial charge in [-0.05, 0) is 24.8 Å². The number of ether oxygens (including phenoxy) is 1. The monoisotopic (exact) mass is 160 g/mol. The minimum absolute atomic E-state index is 0.736. The molecule has 0 radical (unpaired) electrons. The van der Waals surface area contributed by atoms with Crippen molar-refractivity contribution in [3.63, 3.8) is 0 Å². The van der Waals surface area contributed by atoms with Crippen LogP contribution in [0.4, 0.5) is 0 Å². The average molecular weight is 160 g/mol. The number of fused-ring (bicyclic) bond motifs is 2. The maximum absolute atomic E-state index is 5.66. The molecule has 1 nitrogen and oxygen atoms in total. The van der Waals surface area contributed by atoms with Gasteiger partial charge in [0.1, 0.15) is 5.76 Å². The lowest BCUT2D eigenvalue weighted by Gasteiger charge is -2.20. The minimum atomic E-state index is 0.736. The first-order valence-corrected chi connectivity index (χ1v) is 4.70. The molecular formula is C11H12O. The van der Waals surface area contributed by atoms with E-state index in [9.17, 15) is 0 Å².